The second-order valence-electron chi connectivity index (χ2n) is 4.55. The Labute approximate surface area is 72.9 Å². The van der Waals surface area contributed by atoms with Gasteiger partial charge in [0.25, 0.3) is 0 Å². The number of hydrogen-bond acceptors (Lipinski definition) is 2. The Bertz CT molecular complexity index is 213. The van der Waals surface area contributed by atoms with E-state index in [0.29, 0.717) is 5.92 Å². The van der Waals surface area contributed by atoms with Gasteiger partial charge in [0.2, 0.25) is 0 Å². The highest BCUT2D eigenvalue weighted by Gasteiger charge is 2.56. The molecule has 1 fully saturated rings. The van der Waals surface area contributed by atoms with Gasteiger partial charge in [0.1, 0.15) is 0 Å². The van der Waals surface area contributed by atoms with Crippen LogP contribution < -0.4 is 5.73 Å². The van der Waals surface area contributed by atoms with Gasteiger partial charge in [-0.1, -0.05) is 20.8 Å². The molecule has 0 aromatic rings. The van der Waals surface area contributed by atoms with E-state index in [1.807, 2.05) is 13.8 Å². The fraction of sp³-hybridized carbons (Fsp3) is 0.889. The topological polar surface area (TPSA) is 63.3 Å². The maximum Gasteiger partial charge on any atom is 0.305 e. The summed E-state index contributed by atoms with van der Waals surface area (Å²) in [7, 11) is 0. The van der Waals surface area contributed by atoms with Crippen molar-refractivity contribution >= 4 is 5.97 Å². The van der Waals surface area contributed by atoms with Crippen molar-refractivity contribution < 1.29 is 9.90 Å². The van der Waals surface area contributed by atoms with Crippen molar-refractivity contribution in [1.29, 1.82) is 0 Å². The zero-order chi connectivity index (χ0) is 9.57. The highest BCUT2D eigenvalue weighted by molar-refractivity contribution is 5.69. The van der Waals surface area contributed by atoms with Crippen molar-refractivity contribution in [2.45, 2.75) is 39.2 Å². The van der Waals surface area contributed by atoms with E-state index in [9.17, 15) is 4.79 Å². The zero-order valence-electron chi connectivity index (χ0n) is 7.92. The summed E-state index contributed by atoms with van der Waals surface area (Å²) in [6.45, 7) is 6.21. The minimum absolute atomic E-state index is 0.0363. The van der Waals surface area contributed by atoms with Crippen LogP contribution in [0.15, 0.2) is 0 Å². The minimum Gasteiger partial charge on any atom is -0.481 e. The fourth-order valence-electron chi connectivity index (χ4n) is 1.99. The van der Waals surface area contributed by atoms with E-state index in [1.165, 1.54) is 0 Å². The molecule has 0 aromatic carbocycles. The Morgan fingerprint density at radius 2 is 2.17 bits per heavy atom. The Hall–Kier alpha value is -0.570. The van der Waals surface area contributed by atoms with Crippen LogP contribution >= 0.6 is 0 Å². The molecule has 3 heteroatoms. The monoisotopic (exact) mass is 171 g/mol. The van der Waals surface area contributed by atoms with Crippen molar-refractivity contribution in [3.05, 3.63) is 0 Å². The van der Waals surface area contributed by atoms with Crippen LogP contribution in [0.1, 0.15) is 33.6 Å². The average molecular weight is 171 g/mol. The lowest BCUT2D eigenvalue weighted by atomic mass is 9.50. The maximum absolute atomic E-state index is 10.5. The van der Waals surface area contributed by atoms with E-state index in [1.54, 1.807) is 0 Å². The summed E-state index contributed by atoms with van der Waals surface area (Å²) in [6.07, 6.45) is 0.913. The molecule has 3 N–H and O–H groups in total. The van der Waals surface area contributed by atoms with Gasteiger partial charge < -0.3 is 10.8 Å². The molecular weight excluding hydrogens is 154 g/mol. The van der Waals surface area contributed by atoms with Crippen molar-refractivity contribution in [2.24, 2.45) is 17.1 Å². The van der Waals surface area contributed by atoms with Gasteiger partial charge in [0.15, 0.2) is 0 Å². The number of carboxylic acid groups (broad SMARTS) is 1. The van der Waals surface area contributed by atoms with Crippen LogP contribution in [0.4, 0.5) is 0 Å². The van der Waals surface area contributed by atoms with Crippen molar-refractivity contribution in [3.8, 4) is 0 Å². The van der Waals surface area contributed by atoms with Crippen LogP contribution in [0.3, 0.4) is 0 Å². The first-order chi connectivity index (χ1) is 5.29. The van der Waals surface area contributed by atoms with Crippen LogP contribution in [0, 0.1) is 11.3 Å². The molecule has 0 saturated heterocycles. The molecule has 0 radical (unpaired) electrons. The predicted molar refractivity (Wildman–Crippen MR) is 46.7 cm³/mol. The Morgan fingerprint density at radius 1 is 1.67 bits per heavy atom. The quantitative estimate of drug-likeness (QED) is 0.656. The third-order valence-corrected chi connectivity index (χ3v) is 3.65. The number of carboxylic acids is 1. The van der Waals surface area contributed by atoms with Crippen LogP contribution in [0.2, 0.25) is 0 Å². The van der Waals surface area contributed by atoms with E-state index in [-0.39, 0.29) is 11.8 Å². The molecule has 12 heavy (non-hydrogen) atoms. The first-order valence-corrected chi connectivity index (χ1v) is 4.30. The van der Waals surface area contributed by atoms with Crippen molar-refractivity contribution in [3.63, 3.8) is 0 Å². The minimum atomic E-state index is -0.794. The average Bonchev–Trinajstić information content (AvgIpc) is 1.85. The van der Waals surface area contributed by atoms with Gasteiger partial charge in [-0.15, -0.1) is 0 Å². The fourth-order valence-corrected chi connectivity index (χ4v) is 1.99. The highest BCUT2D eigenvalue weighted by Crippen LogP contribution is 2.53. The van der Waals surface area contributed by atoms with Gasteiger partial charge in [-0.3, -0.25) is 4.79 Å². The van der Waals surface area contributed by atoms with Gasteiger partial charge in [0, 0.05) is 5.54 Å². The molecule has 1 saturated carbocycles. The number of hydrogen-bond donors (Lipinski definition) is 2. The molecule has 0 heterocycles. The summed E-state index contributed by atoms with van der Waals surface area (Å²) in [5.41, 5.74) is 5.47. The lowest BCUT2D eigenvalue weighted by molar-refractivity contribution is -0.144. The predicted octanol–water partition coefficient (Wildman–Crippen LogP) is 1.22. The summed E-state index contributed by atoms with van der Waals surface area (Å²) in [5, 5.41) is 8.65. The van der Waals surface area contributed by atoms with Crippen LogP contribution in [-0.2, 0) is 4.79 Å². The van der Waals surface area contributed by atoms with Crippen LogP contribution in [0.5, 0.6) is 0 Å². The maximum atomic E-state index is 10.5. The molecule has 0 aliphatic heterocycles. The number of carbonyl (C=O) groups is 1. The van der Waals surface area contributed by atoms with E-state index in [0.717, 1.165) is 6.42 Å². The second-order valence-corrected chi connectivity index (χ2v) is 4.55. The third kappa shape index (κ3) is 1.12. The van der Waals surface area contributed by atoms with Crippen molar-refractivity contribution in [2.75, 3.05) is 0 Å². The molecule has 0 spiro atoms. The summed E-state index contributed by atoms with van der Waals surface area (Å²) >= 11 is 0. The molecule has 0 aromatic heterocycles. The summed E-state index contributed by atoms with van der Waals surface area (Å²) < 4.78 is 0. The van der Waals surface area contributed by atoms with Gasteiger partial charge >= 0.3 is 5.97 Å². The molecule has 1 aliphatic carbocycles. The number of rotatable bonds is 2. The molecule has 1 rings (SSSR count). The normalized spacial score (nSPS) is 38.8. The van der Waals surface area contributed by atoms with Gasteiger partial charge in [-0.2, -0.15) is 0 Å². The SMILES string of the molecule is CC1CC(N)(CC(=O)O)C1(C)C. The first kappa shape index (κ1) is 9.52. The lowest BCUT2D eigenvalue weighted by Gasteiger charge is -2.58. The molecule has 3 nitrogen and oxygen atoms in total. The smallest absolute Gasteiger partial charge is 0.305 e. The van der Waals surface area contributed by atoms with Gasteiger partial charge in [-0.05, 0) is 17.8 Å². The lowest BCUT2D eigenvalue weighted by Crippen LogP contribution is -2.66. The highest BCUT2D eigenvalue weighted by atomic mass is 16.4. The zero-order valence-corrected chi connectivity index (χ0v) is 7.92. The molecule has 0 bridgehead atoms. The van der Waals surface area contributed by atoms with Crippen molar-refractivity contribution in [1.82, 2.24) is 0 Å². The largest absolute Gasteiger partial charge is 0.481 e. The first-order valence-electron chi connectivity index (χ1n) is 4.30. The van der Waals surface area contributed by atoms with Gasteiger partial charge in [-0.25, -0.2) is 0 Å². The second kappa shape index (κ2) is 2.46. The summed E-state index contributed by atoms with van der Waals surface area (Å²) in [4.78, 5) is 10.5. The molecule has 2 atom stereocenters. The van der Waals surface area contributed by atoms with E-state index >= 15 is 0 Å². The Kier molecular flexibility index (Phi) is 1.95. The van der Waals surface area contributed by atoms with E-state index < -0.39 is 11.5 Å². The van der Waals surface area contributed by atoms with Gasteiger partial charge in [0.05, 0.1) is 6.42 Å². The molecule has 0 amide bonds. The summed E-state index contributed by atoms with van der Waals surface area (Å²) in [6, 6.07) is 0. The van der Waals surface area contributed by atoms with E-state index in [4.69, 9.17) is 10.8 Å². The standard InChI is InChI=1S/C9H17NO2/c1-6-4-9(10,5-7(11)12)8(6,2)3/h6H,4-5,10H2,1-3H3,(H,11,12). The molecule has 2 unspecified atom stereocenters. The molecular formula is C9H17NO2. The third-order valence-electron chi connectivity index (χ3n) is 3.65. The van der Waals surface area contributed by atoms with Crippen LogP contribution in [0.25, 0.3) is 0 Å². The number of nitrogens with two attached hydrogens (primary N) is 1. The van der Waals surface area contributed by atoms with E-state index in [2.05, 4.69) is 6.92 Å². The molecule has 1 aliphatic rings. The summed E-state index contributed by atoms with van der Waals surface area (Å²) in [5.74, 6) is -0.265. The van der Waals surface area contributed by atoms with Crippen LogP contribution in [-0.4, -0.2) is 16.6 Å². The number of aliphatic carboxylic acids is 1. The molecule has 70 valence electrons. The Morgan fingerprint density at radius 3 is 2.42 bits per heavy atom. The Balaban J connectivity index is 2.70.